The Balaban J connectivity index is 0.922. The molecule has 0 radical (unpaired) electrons. The van der Waals surface area contributed by atoms with E-state index in [-0.39, 0.29) is 18.5 Å². The first-order valence-corrected chi connectivity index (χ1v) is 20.1. The van der Waals surface area contributed by atoms with Crippen molar-refractivity contribution in [3.63, 3.8) is 0 Å². The normalized spacial score (nSPS) is 11.9. The largest absolute Gasteiger partial charge is 0.465 e. The molecule has 0 spiro atoms. The summed E-state index contributed by atoms with van der Waals surface area (Å²) in [6.07, 6.45) is 4.69. The third kappa shape index (κ3) is 14.5. The van der Waals surface area contributed by atoms with Crippen LogP contribution in [0.1, 0.15) is 40.5 Å². The van der Waals surface area contributed by atoms with Crippen molar-refractivity contribution in [1.82, 2.24) is 30.3 Å². The number of hydrogen-bond donors (Lipinski definition) is 3. The molecule has 5 aromatic rings. The summed E-state index contributed by atoms with van der Waals surface area (Å²) >= 11 is 0. The van der Waals surface area contributed by atoms with Gasteiger partial charge in [-0.15, -0.1) is 0 Å². The first-order chi connectivity index (χ1) is 29.3. The minimum absolute atomic E-state index is 0.0617. The second-order valence-corrected chi connectivity index (χ2v) is 13.5. The van der Waals surface area contributed by atoms with E-state index in [1.807, 2.05) is 62.5 Å². The number of aryl methyl sites for hydroxylation is 2. The molecule has 1 atom stereocenters. The number of hydrogen-bond acceptors (Lipinski definition) is 13. The summed E-state index contributed by atoms with van der Waals surface area (Å²) in [7, 11) is 0. The molecule has 4 heterocycles. The molecule has 3 N–H and O–H groups in total. The van der Waals surface area contributed by atoms with Crippen molar-refractivity contribution in [3.05, 3.63) is 89.8 Å². The van der Waals surface area contributed by atoms with Crippen molar-refractivity contribution >= 4 is 23.0 Å². The smallest absolute Gasteiger partial charge is 0.404 e. The molecule has 17 nitrogen and oxygen atoms in total. The van der Waals surface area contributed by atoms with E-state index >= 15 is 0 Å². The average molecular weight is 833 g/mol. The summed E-state index contributed by atoms with van der Waals surface area (Å²) in [5.41, 5.74) is 7.84. The highest BCUT2D eigenvalue weighted by molar-refractivity contribution is 5.97. The molecule has 4 aromatic heterocycles. The zero-order valence-corrected chi connectivity index (χ0v) is 34.6. The molecule has 2 amide bonds. The predicted octanol–water partition coefficient (Wildman–Crippen LogP) is 5.09. The van der Waals surface area contributed by atoms with Gasteiger partial charge in [0, 0.05) is 53.9 Å². The van der Waals surface area contributed by atoms with Gasteiger partial charge in [0.15, 0.2) is 0 Å². The van der Waals surface area contributed by atoms with Crippen LogP contribution >= 0.6 is 0 Å². The van der Waals surface area contributed by atoms with Crippen molar-refractivity contribution in [1.29, 1.82) is 0 Å². The molecular weight excluding hydrogens is 777 g/mol. The Morgan fingerprint density at radius 2 is 1.27 bits per heavy atom. The minimum Gasteiger partial charge on any atom is -0.465 e. The van der Waals surface area contributed by atoms with Gasteiger partial charge in [-0.1, -0.05) is 23.4 Å². The molecule has 0 aliphatic carbocycles. The van der Waals surface area contributed by atoms with Crippen molar-refractivity contribution in [2.45, 2.75) is 26.8 Å². The van der Waals surface area contributed by atoms with E-state index in [0.29, 0.717) is 105 Å². The van der Waals surface area contributed by atoms with Crippen LogP contribution in [0.25, 0.3) is 33.3 Å². The molecule has 0 bridgehead atoms. The highest BCUT2D eigenvalue weighted by Gasteiger charge is 2.20. The molecule has 0 aliphatic heterocycles. The van der Waals surface area contributed by atoms with E-state index in [1.165, 1.54) is 0 Å². The van der Waals surface area contributed by atoms with Gasteiger partial charge in [0.1, 0.15) is 5.76 Å². The highest BCUT2D eigenvalue weighted by atomic mass is 16.6. The first-order valence-electron chi connectivity index (χ1n) is 20.1. The summed E-state index contributed by atoms with van der Waals surface area (Å²) in [4.78, 5) is 32.8. The molecule has 5 rings (SSSR count). The van der Waals surface area contributed by atoms with E-state index in [9.17, 15) is 9.59 Å². The lowest BCUT2D eigenvalue weighted by Gasteiger charge is -2.15. The topological polar surface area (TPSA) is 200 Å². The molecule has 1 unspecified atom stereocenters. The maximum Gasteiger partial charge on any atom is 0.404 e. The third-order valence-electron chi connectivity index (χ3n) is 9.27. The Kier molecular flexibility index (Phi) is 19.4. The van der Waals surface area contributed by atoms with Crippen LogP contribution < -0.4 is 10.6 Å². The number of nitrogens with one attached hydrogen (secondary N) is 2. The zero-order valence-electron chi connectivity index (χ0n) is 34.6. The van der Waals surface area contributed by atoms with Gasteiger partial charge in [0.2, 0.25) is 0 Å². The van der Waals surface area contributed by atoms with Crippen LogP contribution in [0.5, 0.6) is 0 Å². The fourth-order valence-corrected chi connectivity index (χ4v) is 6.25. The van der Waals surface area contributed by atoms with Crippen LogP contribution in [0.3, 0.4) is 0 Å². The van der Waals surface area contributed by atoms with E-state index < -0.39 is 6.09 Å². The van der Waals surface area contributed by atoms with Gasteiger partial charge in [-0.2, -0.15) is 0 Å². The third-order valence-corrected chi connectivity index (χ3v) is 9.27. The summed E-state index contributed by atoms with van der Waals surface area (Å²) < 4.78 is 45.8. The second-order valence-electron chi connectivity index (χ2n) is 13.5. The van der Waals surface area contributed by atoms with E-state index in [2.05, 4.69) is 44.5 Å². The Bertz CT molecular complexity index is 2000. The number of carboxylic acid groups (broad SMARTS) is 1. The van der Waals surface area contributed by atoms with Crippen molar-refractivity contribution < 1.29 is 52.4 Å². The summed E-state index contributed by atoms with van der Waals surface area (Å²) in [5.74, 6) is 0.557. The lowest BCUT2D eigenvalue weighted by Crippen LogP contribution is -2.27. The van der Waals surface area contributed by atoms with Gasteiger partial charge >= 0.3 is 6.09 Å². The maximum absolute atomic E-state index is 12.9. The Hall–Kier alpha value is -5.27. The molecule has 1 aromatic carbocycles. The molecule has 60 heavy (non-hydrogen) atoms. The number of carbonyl (C=O) groups excluding carboxylic acids is 1. The van der Waals surface area contributed by atoms with Crippen molar-refractivity contribution in [2.24, 2.45) is 0 Å². The molecule has 0 saturated carbocycles. The van der Waals surface area contributed by atoms with Gasteiger partial charge in [-0.25, -0.2) is 4.79 Å². The highest BCUT2D eigenvalue weighted by Crippen LogP contribution is 2.36. The number of nitrogens with zero attached hydrogens (tertiary/aromatic N) is 4. The summed E-state index contributed by atoms with van der Waals surface area (Å²) in [6, 6.07) is 15.5. The second kappa shape index (κ2) is 25.4. The number of rotatable bonds is 29. The SMILES string of the molecule is Cc1noc(C)c1-c1cnc2c(-c3ccc(C(=O)NCCOCCOCCOCCOCCOCCOCCOCCNC(=O)O)cc3)cn(C(C)c3ccccn3)c2c1. The number of aromatic nitrogens is 4. The Morgan fingerprint density at radius 1 is 0.717 bits per heavy atom. The van der Waals surface area contributed by atoms with Crippen LogP contribution in [0.4, 0.5) is 4.79 Å². The number of pyridine rings is 2. The number of ether oxygens (including phenoxy) is 7. The van der Waals surface area contributed by atoms with Crippen LogP contribution in [0.15, 0.2) is 71.6 Å². The van der Waals surface area contributed by atoms with Crippen LogP contribution in [0, 0.1) is 13.8 Å². The number of amides is 2. The van der Waals surface area contributed by atoms with E-state index in [0.717, 1.165) is 50.4 Å². The fraction of sp³-hybridized carbons (Fsp3) is 0.465. The number of carbonyl (C=O) groups is 2. The molecule has 0 aliphatic rings. The fourth-order valence-electron chi connectivity index (χ4n) is 6.25. The minimum atomic E-state index is -1.07. The average Bonchev–Trinajstić information content (AvgIpc) is 3.81. The summed E-state index contributed by atoms with van der Waals surface area (Å²) in [6.45, 7) is 12.4. The predicted molar refractivity (Wildman–Crippen MR) is 222 cm³/mol. The standard InChI is InChI=1S/C43H56N6O11/c1-31-40(33(3)60-48-31)36-28-39-41(47-29-36)37(30-49(39)32(2)38-6-4-5-11-44-38)34-7-9-35(10-8-34)42(50)45-12-14-53-16-18-55-20-22-57-24-26-59-27-25-58-23-21-56-19-17-54-15-13-46-43(51)52/h4-11,28-30,32,46H,12-27H2,1-3H3,(H,45,50)(H,51,52). The molecule has 324 valence electrons. The summed E-state index contributed by atoms with van der Waals surface area (Å²) in [5, 5.41) is 17.7. The van der Waals surface area contributed by atoms with Gasteiger partial charge < -0.3 is 58.0 Å². The lowest BCUT2D eigenvalue weighted by molar-refractivity contribution is -0.0202. The first kappa shape index (κ1) is 45.8. The van der Waals surface area contributed by atoms with Crippen molar-refractivity contribution in [3.8, 4) is 22.3 Å². The lowest BCUT2D eigenvalue weighted by atomic mass is 10.0. The van der Waals surface area contributed by atoms with E-state index in [4.69, 9.17) is 47.8 Å². The van der Waals surface area contributed by atoms with Gasteiger partial charge in [0.05, 0.1) is 121 Å². The van der Waals surface area contributed by atoms with Gasteiger partial charge in [-0.3, -0.25) is 14.8 Å². The van der Waals surface area contributed by atoms with Crippen LogP contribution in [0.2, 0.25) is 0 Å². The molecule has 0 saturated heterocycles. The van der Waals surface area contributed by atoms with Gasteiger partial charge in [0.25, 0.3) is 5.91 Å². The van der Waals surface area contributed by atoms with Gasteiger partial charge in [-0.05, 0) is 56.7 Å². The van der Waals surface area contributed by atoms with Crippen LogP contribution in [-0.4, -0.2) is 142 Å². The quantitative estimate of drug-likeness (QED) is 0.0538. The zero-order chi connectivity index (χ0) is 42.4. The molecular formula is C43H56N6O11. The maximum atomic E-state index is 12.9. The number of benzene rings is 1. The van der Waals surface area contributed by atoms with Crippen LogP contribution in [-0.2, 0) is 33.2 Å². The van der Waals surface area contributed by atoms with E-state index in [1.54, 1.807) is 6.20 Å². The molecule has 17 heteroatoms. The van der Waals surface area contributed by atoms with Crippen molar-refractivity contribution in [2.75, 3.05) is 106 Å². The number of fused-ring (bicyclic) bond motifs is 1. The monoisotopic (exact) mass is 832 g/mol. The Morgan fingerprint density at radius 3 is 1.77 bits per heavy atom. The molecule has 0 fully saturated rings. The Labute approximate surface area is 349 Å².